The number of carbonyl (C=O) groups excluding carboxylic acids is 2. The largest absolute Gasteiger partial charge is 0.494 e. The molecule has 0 radical (unpaired) electrons. The van der Waals surface area contributed by atoms with Crippen molar-refractivity contribution in [3.63, 3.8) is 0 Å². The summed E-state index contributed by atoms with van der Waals surface area (Å²) in [7, 11) is 0. The van der Waals surface area contributed by atoms with E-state index in [1.54, 1.807) is 62.4 Å². The first kappa shape index (κ1) is 22.9. The van der Waals surface area contributed by atoms with Gasteiger partial charge in [0, 0.05) is 17.3 Å². The molecule has 1 atom stereocenters. The zero-order valence-corrected chi connectivity index (χ0v) is 18.3. The van der Waals surface area contributed by atoms with Gasteiger partial charge in [0.05, 0.1) is 18.6 Å². The quantitative estimate of drug-likeness (QED) is 0.515. The van der Waals surface area contributed by atoms with Crippen molar-refractivity contribution >= 4 is 28.3 Å². The van der Waals surface area contributed by atoms with Gasteiger partial charge in [-0.3, -0.25) is 9.59 Å². The number of ether oxygens (including phenoxy) is 3. The van der Waals surface area contributed by atoms with Crippen molar-refractivity contribution in [3.8, 4) is 11.5 Å². The highest BCUT2D eigenvalue weighted by molar-refractivity contribution is 5.91. The number of nitrogens with one attached hydrogen (secondary N) is 1. The summed E-state index contributed by atoms with van der Waals surface area (Å²) in [6.45, 7) is 5.87. The normalized spacial score (nSPS) is 11.6. The van der Waals surface area contributed by atoms with Crippen LogP contribution in [-0.2, 0) is 20.9 Å². The average molecular weight is 438 g/mol. The van der Waals surface area contributed by atoms with E-state index < -0.39 is 12.1 Å². The molecule has 0 saturated heterocycles. The Morgan fingerprint density at radius 1 is 1.00 bits per heavy atom. The molecule has 0 aliphatic heterocycles. The number of fused-ring (bicyclic) bond motifs is 1. The summed E-state index contributed by atoms with van der Waals surface area (Å²) >= 11 is 0. The lowest BCUT2D eigenvalue weighted by Gasteiger charge is -2.15. The summed E-state index contributed by atoms with van der Waals surface area (Å²) in [5, 5.41) is 3.70. The number of anilines is 1. The predicted molar refractivity (Wildman–Crippen MR) is 121 cm³/mol. The van der Waals surface area contributed by atoms with Crippen LogP contribution in [0.15, 0.2) is 59.5 Å². The molecule has 0 fully saturated rings. The van der Waals surface area contributed by atoms with Crippen LogP contribution in [0.3, 0.4) is 0 Å². The van der Waals surface area contributed by atoms with Crippen molar-refractivity contribution in [2.45, 2.75) is 33.4 Å². The molecule has 0 bridgehead atoms. The number of hydrogen-bond acceptors (Lipinski definition) is 6. The summed E-state index contributed by atoms with van der Waals surface area (Å²) in [6.07, 6.45) is 0.715. The van der Waals surface area contributed by atoms with E-state index in [9.17, 15) is 14.4 Å². The number of amides is 1. The van der Waals surface area contributed by atoms with Gasteiger partial charge in [0.15, 0.2) is 6.10 Å². The monoisotopic (exact) mass is 438 g/mol. The van der Waals surface area contributed by atoms with E-state index in [0.29, 0.717) is 34.6 Å². The first-order valence-electron chi connectivity index (χ1n) is 10.4. The Hall–Kier alpha value is -3.81. The van der Waals surface area contributed by atoms with Gasteiger partial charge in [-0.25, -0.2) is 4.79 Å². The van der Waals surface area contributed by atoms with Gasteiger partial charge in [-0.15, -0.1) is 0 Å². The molecule has 1 amide bonds. The minimum atomic E-state index is -0.817. The number of hydrogen-bond donors (Lipinski definition) is 1. The van der Waals surface area contributed by atoms with Gasteiger partial charge in [0.1, 0.15) is 18.0 Å². The Morgan fingerprint density at radius 2 is 1.75 bits per heavy atom. The summed E-state index contributed by atoms with van der Waals surface area (Å²) < 4.78 is 17.4. The molecular formula is C24H26N2O6. The van der Waals surface area contributed by atoms with Crippen LogP contribution >= 0.6 is 0 Å². The second-order valence-corrected chi connectivity index (χ2v) is 6.98. The number of aromatic nitrogens is 1. The van der Waals surface area contributed by atoms with Gasteiger partial charge in [-0.2, -0.15) is 0 Å². The SMILES string of the molecule is CCOC(=O)[C@H](C)Oc1cccc2c(=O)n(CC(=O)Nc3ccc(OCC)cc3)ccc12. The van der Waals surface area contributed by atoms with Gasteiger partial charge >= 0.3 is 5.97 Å². The smallest absolute Gasteiger partial charge is 0.347 e. The number of nitrogens with zero attached hydrogens (tertiary/aromatic N) is 1. The molecule has 3 rings (SSSR count). The van der Waals surface area contributed by atoms with Gasteiger partial charge < -0.3 is 24.1 Å². The van der Waals surface area contributed by atoms with Crippen LogP contribution in [0.25, 0.3) is 10.8 Å². The van der Waals surface area contributed by atoms with Gasteiger partial charge in [-0.1, -0.05) is 6.07 Å². The van der Waals surface area contributed by atoms with E-state index in [1.807, 2.05) is 6.92 Å². The van der Waals surface area contributed by atoms with Crippen molar-refractivity contribution in [1.82, 2.24) is 4.57 Å². The molecule has 32 heavy (non-hydrogen) atoms. The molecule has 0 saturated carbocycles. The third-order valence-corrected chi connectivity index (χ3v) is 4.66. The van der Waals surface area contributed by atoms with Crippen LogP contribution in [0.5, 0.6) is 11.5 Å². The Balaban J connectivity index is 1.75. The minimum Gasteiger partial charge on any atom is -0.494 e. The first-order valence-corrected chi connectivity index (χ1v) is 10.4. The summed E-state index contributed by atoms with van der Waals surface area (Å²) in [6, 6.07) is 13.7. The van der Waals surface area contributed by atoms with Gasteiger partial charge in [0.25, 0.3) is 5.56 Å². The average Bonchev–Trinajstić information content (AvgIpc) is 2.77. The second kappa shape index (κ2) is 10.5. The summed E-state index contributed by atoms with van der Waals surface area (Å²) in [4.78, 5) is 37.2. The van der Waals surface area contributed by atoms with Crippen molar-refractivity contribution in [1.29, 1.82) is 0 Å². The van der Waals surface area contributed by atoms with E-state index in [0.717, 1.165) is 0 Å². The number of benzene rings is 2. The topological polar surface area (TPSA) is 95.9 Å². The molecule has 1 N–H and O–H groups in total. The molecule has 2 aromatic carbocycles. The van der Waals surface area contributed by atoms with E-state index in [-0.39, 0.29) is 24.6 Å². The molecule has 0 aliphatic carbocycles. The zero-order chi connectivity index (χ0) is 23.1. The lowest BCUT2D eigenvalue weighted by molar-refractivity contribution is -0.150. The maximum atomic E-state index is 12.9. The van der Waals surface area contributed by atoms with Crippen molar-refractivity contribution in [2.24, 2.45) is 0 Å². The van der Waals surface area contributed by atoms with Crippen molar-refractivity contribution < 1.29 is 23.8 Å². The van der Waals surface area contributed by atoms with E-state index in [1.165, 1.54) is 10.8 Å². The Kier molecular flexibility index (Phi) is 7.49. The molecule has 8 nitrogen and oxygen atoms in total. The lowest BCUT2D eigenvalue weighted by atomic mass is 10.1. The zero-order valence-electron chi connectivity index (χ0n) is 18.3. The molecule has 1 heterocycles. The molecule has 0 spiro atoms. The van der Waals surface area contributed by atoms with E-state index >= 15 is 0 Å². The maximum Gasteiger partial charge on any atom is 0.347 e. The fraction of sp³-hybridized carbons (Fsp3) is 0.292. The molecular weight excluding hydrogens is 412 g/mol. The lowest BCUT2D eigenvalue weighted by Crippen LogP contribution is -2.28. The Morgan fingerprint density at radius 3 is 2.44 bits per heavy atom. The molecule has 0 unspecified atom stereocenters. The maximum absolute atomic E-state index is 12.9. The Bertz CT molecular complexity index is 1150. The second-order valence-electron chi connectivity index (χ2n) is 6.98. The minimum absolute atomic E-state index is 0.147. The fourth-order valence-electron chi connectivity index (χ4n) is 3.17. The van der Waals surface area contributed by atoms with Crippen molar-refractivity contribution in [3.05, 3.63) is 65.1 Å². The molecule has 0 aliphatic rings. The molecule has 168 valence electrons. The summed E-state index contributed by atoms with van der Waals surface area (Å²) in [5.74, 6) is 0.292. The molecule has 3 aromatic rings. The molecule has 8 heteroatoms. The standard InChI is InChI=1S/C24H26N2O6/c1-4-30-18-11-9-17(10-12-18)25-22(27)15-26-14-13-19-20(23(26)28)7-6-8-21(19)32-16(3)24(29)31-5-2/h6-14,16H,4-5,15H2,1-3H3,(H,25,27)/t16-/m0/s1. The van der Waals surface area contributed by atoms with E-state index in [4.69, 9.17) is 14.2 Å². The van der Waals surface area contributed by atoms with Crippen LogP contribution in [0.2, 0.25) is 0 Å². The third-order valence-electron chi connectivity index (χ3n) is 4.66. The van der Waals surface area contributed by atoms with Crippen LogP contribution < -0.4 is 20.3 Å². The van der Waals surface area contributed by atoms with Crippen molar-refractivity contribution in [2.75, 3.05) is 18.5 Å². The third kappa shape index (κ3) is 5.46. The highest BCUT2D eigenvalue weighted by Gasteiger charge is 2.18. The van der Waals surface area contributed by atoms with Crippen LogP contribution in [0.4, 0.5) is 5.69 Å². The summed E-state index contributed by atoms with van der Waals surface area (Å²) in [5.41, 5.74) is 0.273. The number of esters is 1. The van der Waals surface area contributed by atoms with Gasteiger partial charge in [0.2, 0.25) is 5.91 Å². The number of rotatable bonds is 9. The predicted octanol–water partition coefficient (Wildman–Crippen LogP) is 3.37. The van der Waals surface area contributed by atoms with E-state index in [2.05, 4.69) is 5.32 Å². The highest BCUT2D eigenvalue weighted by Crippen LogP contribution is 2.24. The van der Waals surface area contributed by atoms with Crippen LogP contribution in [0, 0.1) is 0 Å². The van der Waals surface area contributed by atoms with Gasteiger partial charge in [-0.05, 0) is 63.2 Å². The molecule has 1 aromatic heterocycles. The first-order chi connectivity index (χ1) is 15.4. The Labute approximate surface area is 185 Å². The highest BCUT2D eigenvalue weighted by atomic mass is 16.6. The number of carbonyl (C=O) groups is 2. The van der Waals surface area contributed by atoms with Crippen LogP contribution in [0.1, 0.15) is 20.8 Å². The van der Waals surface area contributed by atoms with Crippen LogP contribution in [-0.4, -0.2) is 35.8 Å². The number of pyridine rings is 1. The fourth-order valence-corrected chi connectivity index (χ4v) is 3.17.